The lowest BCUT2D eigenvalue weighted by Gasteiger charge is -2.08. The van der Waals surface area contributed by atoms with Crippen LogP contribution in [0.5, 0.6) is 0 Å². The van der Waals surface area contributed by atoms with Gasteiger partial charge in [-0.2, -0.15) is 16.5 Å². The molecule has 26 heavy (non-hydrogen) atoms. The molecule has 0 saturated carbocycles. The van der Waals surface area contributed by atoms with Crippen molar-refractivity contribution < 1.29 is 5.21 Å². The predicted molar refractivity (Wildman–Crippen MR) is 111 cm³/mol. The number of hydrogen-bond acceptors (Lipinski definition) is 2. The number of thioether (sulfide) groups is 1. The molecule has 3 aromatic carbocycles. The van der Waals surface area contributed by atoms with E-state index >= 15 is 0 Å². The van der Waals surface area contributed by atoms with Crippen molar-refractivity contribution in [3.8, 4) is 11.3 Å². The number of nitrogens with zero attached hydrogens (tertiary/aromatic N) is 1. The van der Waals surface area contributed by atoms with Crippen molar-refractivity contribution >= 4 is 34.3 Å². The van der Waals surface area contributed by atoms with Crippen molar-refractivity contribution in [2.45, 2.75) is 11.5 Å². The quantitative estimate of drug-likeness (QED) is 0.393. The van der Waals surface area contributed by atoms with E-state index in [1.165, 1.54) is 10.3 Å². The summed E-state index contributed by atoms with van der Waals surface area (Å²) >= 11 is 8.32. The normalized spacial score (nSPS) is 11.1. The van der Waals surface area contributed by atoms with E-state index in [0.29, 0.717) is 5.02 Å². The topological polar surface area (TPSA) is 25.2 Å². The SMILES string of the molecule is On1c(-c2ccccc2)c(CSCc2ccccc2)c2c(Cl)cccc21. The van der Waals surface area contributed by atoms with E-state index in [9.17, 15) is 5.21 Å². The molecule has 0 aliphatic rings. The van der Waals surface area contributed by atoms with Gasteiger partial charge in [-0.3, -0.25) is 0 Å². The number of hydrogen-bond donors (Lipinski definition) is 1. The average Bonchev–Trinajstić information content (AvgIpc) is 2.97. The Morgan fingerprint density at radius 2 is 1.50 bits per heavy atom. The van der Waals surface area contributed by atoms with Crippen molar-refractivity contribution in [3.05, 3.63) is 95.0 Å². The van der Waals surface area contributed by atoms with Crippen LogP contribution in [-0.2, 0) is 11.5 Å². The molecule has 0 fully saturated rings. The van der Waals surface area contributed by atoms with Gasteiger partial charge in [-0.1, -0.05) is 78.3 Å². The molecule has 0 amide bonds. The summed E-state index contributed by atoms with van der Waals surface area (Å²) in [6.07, 6.45) is 0. The summed E-state index contributed by atoms with van der Waals surface area (Å²) in [6, 6.07) is 26.0. The van der Waals surface area contributed by atoms with Crippen LogP contribution in [0.1, 0.15) is 11.1 Å². The molecule has 4 aromatic rings. The van der Waals surface area contributed by atoms with Crippen LogP contribution in [0.25, 0.3) is 22.2 Å². The standard InChI is InChI=1S/C22H18ClNOS/c23-19-12-7-13-20-21(19)18(15-26-14-16-8-3-1-4-9-16)22(24(20)25)17-10-5-2-6-11-17/h1-13,25H,14-15H2. The number of benzene rings is 3. The summed E-state index contributed by atoms with van der Waals surface area (Å²) in [7, 11) is 0. The molecule has 2 nitrogen and oxygen atoms in total. The van der Waals surface area contributed by atoms with E-state index in [-0.39, 0.29) is 0 Å². The zero-order chi connectivity index (χ0) is 17.9. The van der Waals surface area contributed by atoms with Crippen LogP contribution in [0, 0.1) is 0 Å². The monoisotopic (exact) mass is 379 g/mol. The smallest absolute Gasteiger partial charge is 0.0919 e. The van der Waals surface area contributed by atoms with E-state index in [2.05, 4.69) is 24.3 Å². The number of aromatic nitrogens is 1. The first-order valence-corrected chi connectivity index (χ1v) is 9.97. The molecular weight excluding hydrogens is 362 g/mol. The maximum absolute atomic E-state index is 10.8. The molecule has 0 radical (unpaired) electrons. The maximum atomic E-state index is 10.8. The molecule has 1 aromatic heterocycles. The minimum atomic E-state index is 0.669. The van der Waals surface area contributed by atoms with Gasteiger partial charge in [0.05, 0.1) is 16.2 Å². The van der Waals surface area contributed by atoms with Gasteiger partial charge in [0.15, 0.2) is 0 Å². The number of fused-ring (bicyclic) bond motifs is 1. The van der Waals surface area contributed by atoms with Crippen molar-refractivity contribution in [1.29, 1.82) is 0 Å². The van der Waals surface area contributed by atoms with Gasteiger partial charge in [0.25, 0.3) is 0 Å². The minimum absolute atomic E-state index is 0.669. The number of halogens is 1. The molecule has 0 aliphatic heterocycles. The Morgan fingerprint density at radius 3 is 2.23 bits per heavy atom. The van der Waals surface area contributed by atoms with Gasteiger partial charge < -0.3 is 5.21 Å². The highest BCUT2D eigenvalue weighted by Gasteiger charge is 2.20. The predicted octanol–water partition coefficient (Wildman–Crippen LogP) is 6.63. The van der Waals surface area contributed by atoms with Crippen LogP contribution in [0.4, 0.5) is 0 Å². The first kappa shape index (κ1) is 17.1. The highest BCUT2D eigenvalue weighted by molar-refractivity contribution is 7.97. The second kappa shape index (κ2) is 7.48. The van der Waals surface area contributed by atoms with Gasteiger partial charge >= 0.3 is 0 Å². The van der Waals surface area contributed by atoms with E-state index in [1.807, 2.05) is 66.4 Å². The fourth-order valence-corrected chi connectivity index (χ4v) is 4.53. The highest BCUT2D eigenvalue weighted by Crippen LogP contribution is 2.39. The molecule has 0 unspecified atom stereocenters. The lowest BCUT2D eigenvalue weighted by Crippen LogP contribution is -1.95. The van der Waals surface area contributed by atoms with Gasteiger partial charge in [0.2, 0.25) is 0 Å². The first-order chi connectivity index (χ1) is 12.8. The van der Waals surface area contributed by atoms with E-state index < -0.39 is 0 Å². The Hall–Kier alpha value is -2.36. The van der Waals surface area contributed by atoms with E-state index in [0.717, 1.165) is 39.2 Å². The lowest BCUT2D eigenvalue weighted by molar-refractivity contribution is 0.204. The van der Waals surface area contributed by atoms with Crippen LogP contribution >= 0.6 is 23.4 Å². The van der Waals surface area contributed by atoms with Gasteiger partial charge in [0, 0.05) is 28.0 Å². The van der Waals surface area contributed by atoms with Crippen molar-refractivity contribution in [1.82, 2.24) is 4.73 Å². The summed E-state index contributed by atoms with van der Waals surface area (Å²) in [5, 5.41) is 12.4. The summed E-state index contributed by atoms with van der Waals surface area (Å²) < 4.78 is 1.27. The Balaban J connectivity index is 1.76. The molecule has 0 aliphatic carbocycles. The Labute approximate surface area is 162 Å². The van der Waals surface area contributed by atoms with Crippen molar-refractivity contribution in [2.24, 2.45) is 0 Å². The zero-order valence-electron chi connectivity index (χ0n) is 14.1. The third-order valence-electron chi connectivity index (χ3n) is 4.42. The summed E-state index contributed by atoms with van der Waals surface area (Å²) in [5.74, 6) is 1.69. The van der Waals surface area contributed by atoms with E-state index in [1.54, 1.807) is 0 Å². The second-order valence-corrected chi connectivity index (χ2v) is 7.51. The fourth-order valence-electron chi connectivity index (χ4n) is 3.23. The molecule has 1 N–H and O–H groups in total. The Morgan fingerprint density at radius 1 is 0.808 bits per heavy atom. The molecule has 130 valence electrons. The lowest BCUT2D eigenvalue weighted by atomic mass is 10.1. The third kappa shape index (κ3) is 3.20. The Bertz CT molecular complexity index is 1030. The summed E-state index contributed by atoms with van der Waals surface area (Å²) in [6.45, 7) is 0. The molecular formula is C22H18ClNOS. The molecule has 0 atom stereocenters. The van der Waals surface area contributed by atoms with Crippen LogP contribution < -0.4 is 0 Å². The molecule has 4 rings (SSSR count). The van der Waals surface area contributed by atoms with Gasteiger partial charge in [0.1, 0.15) is 0 Å². The minimum Gasteiger partial charge on any atom is -0.428 e. The molecule has 0 saturated heterocycles. The van der Waals surface area contributed by atoms with Crippen molar-refractivity contribution in [2.75, 3.05) is 0 Å². The van der Waals surface area contributed by atoms with Crippen LogP contribution in [0.15, 0.2) is 78.9 Å². The number of rotatable bonds is 5. The molecule has 1 heterocycles. The fraction of sp³-hybridized carbons (Fsp3) is 0.0909. The second-order valence-electron chi connectivity index (χ2n) is 6.12. The average molecular weight is 380 g/mol. The molecule has 0 spiro atoms. The zero-order valence-corrected chi connectivity index (χ0v) is 15.7. The highest BCUT2D eigenvalue weighted by atomic mass is 35.5. The van der Waals surface area contributed by atoms with Gasteiger partial charge in [-0.15, -0.1) is 0 Å². The Kier molecular flexibility index (Phi) is 4.91. The van der Waals surface area contributed by atoms with Gasteiger partial charge in [-0.25, -0.2) is 0 Å². The van der Waals surface area contributed by atoms with Crippen LogP contribution in [0.3, 0.4) is 0 Å². The molecule has 0 bridgehead atoms. The van der Waals surface area contributed by atoms with Crippen LogP contribution in [0.2, 0.25) is 5.02 Å². The maximum Gasteiger partial charge on any atom is 0.0919 e. The first-order valence-electron chi connectivity index (χ1n) is 8.44. The summed E-state index contributed by atoms with van der Waals surface area (Å²) in [5.41, 5.74) is 4.90. The van der Waals surface area contributed by atoms with Crippen molar-refractivity contribution in [3.63, 3.8) is 0 Å². The van der Waals surface area contributed by atoms with Gasteiger partial charge in [-0.05, 0) is 17.7 Å². The molecule has 4 heteroatoms. The summed E-state index contributed by atoms with van der Waals surface area (Å²) in [4.78, 5) is 0. The van der Waals surface area contributed by atoms with E-state index in [4.69, 9.17) is 11.6 Å². The third-order valence-corrected chi connectivity index (χ3v) is 5.77. The largest absolute Gasteiger partial charge is 0.428 e. The van der Waals surface area contributed by atoms with Crippen LogP contribution in [-0.4, -0.2) is 9.94 Å².